The first-order valence-corrected chi connectivity index (χ1v) is 7.42. The van der Waals surface area contributed by atoms with E-state index in [4.69, 9.17) is 9.47 Å². The summed E-state index contributed by atoms with van der Waals surface area (Å²) in [6.07, 6.45) is 2.37. The topological polar surface area (TPSA) is 67.8 Å². The number of aliphatic hydroxyl groups is 1. The van der Waals surface area contributed by atoms with Crippen molar-refractivity contribution >= 4 is 5.91 Å². The zero-order valence-corrected chi connectivity index (χ0v) is 12.2. The number of hydrogen-bond acceptors (Lipinski definition) is 4. The van der Waals surface area contributed by atoms with Gasteiger partial charge in [-0.2, -0.15) is 0 Å². The third kappa shape index (κ3) is 5.02. The second kappa shape index (κ2) is 8.00. The Morgan fingerprint density at radius 3 is 2.67 bits per heavy atom. The first kappa shape index (κ1) is 15.8. The minimum atomic E-state index is -0.504. The van der Waals surface area contributed by atoms with Gasteiger partial charge in [-0.1, -0.05) is 18.2 Å². The second-order valence-corrected chi connectivity index (χ2v) is 5.36. The number of nitrogens with one attached hydrogen (secondary N) is 1. The van der Waals surface area contributed by atoms with E-state index in [0.717, 1.165) is 5.75 Å². The molecule has 1 aliphatic heterocycles. The molecule has 0 saturated carbocycles. The maximum Gasteiger partial charge on any atom is 0.220 e. The largest absolute Gasteiger partial charge is 0.494 e. The van der Waals surface area contributed by atoms with E-state index >= 15 is 0 Å². The zero-order chi connectivity index (χ0) is 15.0. The SMILES string of the molecule is O=C(CCCOc1ccccc1)NC1(CO)CCOCC1. The van der Waals surface area contributed by atoms with Crippen molar-refractivity contribution in [2.75, 3.05) is 26.4 Å². The maximum absolute atomic E-state index is 12.0. The number of rotatable bonds is 7. The van der Waals surface area contributed by atoms with Gasteiger partial charge in [0.15, 0.2) is 0 Å². The van der Waals surface area contributed by atoms with E-state index < -0.39 is 5.54 Å². The van der Waals surface area contributed by atoms with Crippen LogP contribution in [-0.4, -0.2) is 43.0 Å². The quantitative estimate of drug-likeness (QED) is 0.748. The first-order chi connectivity index (χ1) is 10.2. The number of carbonyl (C=O) groups excluding carboxylic acids is 1. The van der Waals surface area contributed by atoms with E-state index in [0.29, 0.717) is 45.5 Å². The Hall–Kier alpha value is -1.59. The molecule has 0 unspecified atom stereocenters. The zero-order valence-electron chi connectivity index (χ0n) is 12.2. The summed E-state index contributed by atoms with van der Waals surface area (Å²) < 4.78 is 10.8. The van der Waals surface area contributed by atoms with Crippen LogP contribution in [-0.2, 0) is 9.53 Å². The van der Waals surface area contributed by atoms with Crippen LogP contribution in [0.5, 0.6) is 5.75 Å². The van der Waals surface area contributed by atoms with Gasteiger partial charge in [0.05, 0.1) is 18.8 Å². The summed E-state index contributed by atoms with van der Waals surface area (Å²) in [5.41, 5.74) is -0.504. The van der Waals surface area contributed by atoms with E-state index in [1.165, 1.54) is 0 Å². The van der Waals surface area contributed by atoms with Crippen LogP contribution in [0.25, 0.3) is 0 Å². The van der Waals surface area contributed by atoms with Crippen molar-refractivity contribution in [1.29, 1.82) is 0 Å². The Balaban J connectivity index is 1.67. The number of hydrogen-bond donors (Lipinski definition) is 2. The van der Waals surface area contributed by atoms with Gasteiger partial charge < -0.3 is 19.9 Å². The molecule has 1 saturated heterocycles. The molecule has 2 N–H and O–H groups in total. The summed E-state index contributed by atoms with van der Waals surface area (Å²) in [7, 11) is 0. The molecule has 0 aliphatic carbocycles. The summed E-state index contributed by atoms with van der Waals surface area (Å²) in [5.74, 6) is 0.775. The van der Waals surface area contributed by atoms with Crippen LogP contribution in [0.2, 0.25) is 0 Å². The monoisotopic (exact) mass is 293 g/mol. The number of benzene rings is 1. The highest BCUT2D eigenvalue weighted by molar-refractivity contribution is 5.76. The normalized spacial score (nSPS) is 17.2. The number of para-hydroxylation sites is 1. The summed E-state index contributed by atoms with van der Waals surface area (Å²) in [6.45, 7) is 1.63. The Labute approximate surface area is 125 Å². The molecule has 5 heteroatoms. The molecule has 1 heterocycles. The molecule has 116 valence electrons. The Morgan fingerprint density at radius 2 is 2.00 bits per heavy atom. The third-order valence-electron chi connectivity index (χ3n) is 3.72. The molecule has 1 aromatic rings. The molecule has 0 aromatic heterocycles. The van der Waals surface area contributed by atoms with Crippen LogP contribution in [0, 0.1) is 0 Å². The smallest absolute Gasteiger partial charge is 0.220 e. The van der Waals surface area contributed by atoms with E-state index in [2.05, 4.69) is 5.32 Å². The predicted octanol–water partition coefficient (Wildman–Crippen LogP) is 1.50. The van der Waals surface area contributed by atoms with E-state index in [1.54, 1.807) is 0 Å². The van der Waals surface area contributed by atoms with Gasteiger partial charge in [-0.15, -0.1) is 0 Å². The predicted molar refractivity (Wildman–Crippen MR) is 79.2 cm³/mol. The van der Waals surface area contributed by atoms with Crippen molar-refractivity contribution in [2.45, 2.75) is 31.2 Å². The average Bonchev–Trinajstić information content (AvgIpc) is 2.53. The molecule has 1 amide bonds. The van der Waals surface area contributed by atoms with Gasteiger partial charge in [0, 0.05) is 19.6 Å². The molecule has 0 bridgehead atoms. The van der Waals surface area contributed by atoms with Crippen LogP contribution < -0.4 is 10.1 Å². The lowest BCUT2D eigenvalue weighted by Gasteiger charge is -2.36. The number of ether oxygens (including phenoxy) is 2. The molecule has 1 aromatic carbocycles. The lowest BCUT2D eigenvalue weighted by molar-refractivity contribution is -0.125. The highest BCUT2D eigenvalue weighted by Gasteiger charge is 2.33. The summed E-state index contributed by atoms with van der Waals surface area (Å²) in [5, 5.41) is 12.5. The maximum atomic E-state index is 12.0. The Morgan fingerprint density at radius 1 is 1.29 bits per heavy atom. The van der Waals surface area contributed by atoms with Crippen molar-refractivity contribution in [1.82, 2.24) is 5.32 Å². The van der Waals surface area contributed by atoms with Gasteiger partial charge in [0.25, 0.3) is 0 Å². The standard InChI is InChI=1S/C16H23NO4/c18-13-16(8-11-20-12-9-16)17-15(19)7-4-10-21-14-5-2-1-3-6-14/h1-3,5-6,18H,4,7-13H2,(H,17,19). The minimum Gasteiger partial charge on any atom is -0.494 e. The third-order valence-corrected chi connectivity index (χ3v) is 3.72. The van der Waals surface area contributed by atoms with Crippen molar-refractivity contribution in [3.8, 4) is 5.75 Å². The van der Waals surface area contributed by atoms with Crippen LogP contribution in [0.1, 0.15) is 25.7 Å². The lowest BCUT2D eigenvalue weighted by atomic mass is 9.91. The Bertz CT molecular complexity index is 429. The second-order valence-electron chi connectivity index (χ2n) is 5.36. The fourth-order valence-corrected chi connectivity index (χ4v) is 2.38. The van der Waals surface area contributed by atoms with E-state index in [1.807, 2.05) is 30.3 Å². The highest BCUT2D eigenvalue weighted by atomic mass is 16.5. The molecule has 1 fully saturated rings. The van der Waals surface area contributed by atoms with Gasteiger partial charge in [0.1, 0.15) is 5.75 Å². The molecule has 1 aliphatic rings. The summed E-state index contributed by atoms with van der Waals surface area (Å²) >= 11 is 0. The summed E-state index contributed by atoms with van der Waals surface area (Å²) in [4.78, 5) is 12.0. The molecule has 2 rings (SSSR count). The highest BCUT2D eigenvalue weighted by Crippen LogP contribution is 2.20. The molecule has 0 spiro atoms. The molecule has 0 atom stereocenters. The lowest BCUT2D eigenvalue weighted by Crippen LogP contribution is -2.54. The molecular weight excluding hydrogens is 270 g/mol. The average molecular weight is 293 g/mol. The van der Waals surface area contributed by atoms with Crippen LogP contribution in [0.3, 0.4) is 0 Å². The first-order valence-electron chi connectivity index (χ1n) is 7.42. The molecule has 5 nitrogen and oxygen atoms in total. The van der Waals surface area contributed by atoms with Gasteiger partial charge in [-0.3, -0.25) is 4.79 Å². The fourth-order valence-electron chi connectivity index (χ4n) is 2.38. The van der Waals surface area contributed by atoms with Gasteiger partial charge in [0.2, 0.25) is 5.91 Å². The van der Waals surface area contributed by atoms with Gasteiger partial charge >= 0.3 is 0 Å². The van der Waals surface area contributed by atoms with Crippen molar-refractivity contribution in [2.24, 2.45) is 0 Å². The van der Waals surface area contributed by atoms with Gasteiger partial charge in [-0.05, 0) is 31.4 Å². The fraction of sp³-hybridized carbons (Fsp3) is 0.562. The van der Waals surface area contributed by atoms with Crippen LogP contribution in [0.15, 0.2) is 30.3 Å². The summed E-state index contributed by atoms with van der Waals surface area (Å²) in [6, 6.07) is 9.55. The van der Waals surface area contributed by atoms with Gasteiger partial charge in [-0.25, -0.2) is 0 Å². The van der Waals surface area contributed by atoms with Crippen molar-refractivity contribution in [3.05, 3.63) is 30.3 Å². The van der Waals surface area contributed by atoms with Crippen molar-refractivity contribution < 1.29 is 19.4 Å². The van der Waals surface area contributed by atoms with E-state index in [-0.39, 0.29) is 12.5 Å². The van der Waals surface area contributed by atoms with Crippen LogP contribution in [0.4, 0.5) is 0 Å². The molecular formula is C16H23NO4. The van der Waals surface area contributed by atoms with E-state index in [9.17, 15) is 9.90 Å². The van der Waals surface area contributed by atoms with Crippen molar-refractivity contribution in [3.63, 3.8) is 0 Å². The molecule has 0 radical (unpaired) electrons. The van der Waals surface area contributed by atoms with Crippen LogP contribution >= 0.6 is 0 Å². The number of aliphatic hydroxyl groups excluding tert-OH is 1. The number of amides is 1. The molecule has 21 heavy (non-hydrogen) atoms. The minimum absolute atomic E-state index is 0.0391. The Kier molecular flexibility index (Phi) is 6.02. The number of carbonyl (C=O) groups is 1.